The van der Waals surface area contributed by atoms with Crippen molar-refractivity contribution in [2.45, 2.75) is 78.0 Å². The van der Waals surface area contributed by atoms with Crippen LogP contribution in [-0.4, -0.2) is 77.0 Å². The van der Waals surface area contributed by atoms with Crippen LogP contribution in [0.5, 0.6) is 5.75 Å². The molecule has 5 rings (SSSR count). The van der Waals surface area contributed by atoms with Crippen molar-refractivity contribution in [1.82, 2.24) is 14.9 Å². The van der Waals surface area contributed by atoms with Gasteiger partial charge in [-0.3, -0.25) is 9.59 Å². The SMILES string of the molecule is CC(=O)/C(C=O)=C(\C)c1cnc(Nc2ccc3c(c2)OC[C@@H]2CN(C(=O)OC(C)(C)C)CCN32)nc1NC1CCCC1. The number of carbonyl (C=O) groups is 3. The van der Waals surface area contributed by atoms with Gasteiger partial charge in [-0.05, 0) is 65.2 Å². The van der Waals surface area contributed by atoms with Gasteiger partial charge in [-0.1, -0.05) is 12.8 Å². The molecular weight excluding hydrogens is 536 g/mol. The molecule has 0 bridgehead atoms. The van der Waals surface area contributed by atoms with Crippen molar-refractivity contribution in [3.8, 4) is 5.75 Å². The normalized spacial score (nSPS) is 19.2. The Labute approximate surface area is 246 Å². The summed E-state index contributed by atoms with van der Waals surface area (Å²) in [5.41, 5.74) is 2.51. The lowest BCUT2D eigenvalue weighted by Gasteiger charge is -2.45. The molecule has 1 aliphatic carbocycles. The molecule has 1 aromatic heterocycles. The van der Waals surface area contributed by atoms with E-state index in [0.717, 1.165) is 42.8 Å². The number of nitrogens with one attached hydrogen (secondary N) is 2. The van der Waals surface area contributed by atoms with Gasteiger partial charge >= 0.3 is 6.09 Å². The average Bonchev–Trinajstić information content (AvgIpc) is 3.45. The van der Waals surface area contributed by atoms with Gasteiger partial charge < -0.3 is 29.9 Å². The van der Waals surface area contributed by atoms with Gasteiger partial charge in [-0.25, -0.2) is 9.78 Å². The standard InChI is InChI=1S/C31H40N6O5/c1-19(25(17-38)20(2)39)24-15-32-29(35-28(24)33-21-8-6-7-9-21)34-22-10-11-26-27(14-22)41-18-23-16-36(12-13-37(23)26)30(40)42-31(3,4)5/h10-11,14-15,17,21,23H,6-9,12-13,16,18H2,1-5H3,(H2,32,33,34,35)/b25-19+/t23-/m0/s1. The second kappa shape index (κ2) is 12.0. The van der Waals surface area contributed by atoms with Crippen molar-refractivity contribution >= 4 is 46.9 Å². The molecule has 2 aromatic rings. The lowest BCUT2D eigenvalue weighted by atomic mass is 10.0. The van der Waals surface area contributed by atoms with Crippen LogP contribution in [0.3, 0.4) is 0 Å². The van der Waals surface area contributed by atoms with Crippen LogP contribution in [0.15, 0.2) is 30.0 Å². The number of fused-ring (bicyclic) bond motifs is 3. The molecule has 11 heteroatoms. The van der Waals surface area contributed by atoms with Crippen LogP contribution < -0.4 is 20.3 Å². The van der Waals surface area contributed by atoms with Gasteiger partial charge in [0.15, 0.2) is 12.1 Å². The molecule has 3 heterocycles. The molecule has 11 nitrogen and oxygen atoms in total. The number of amides is 1. The lowest BCUT2D eigenvalue weighted by molar-refractivity contribution is -0.115. The predicted molar refractivity (Wildman–Crippen MR) is 161 cm³/mol. The van der Waals surface area contributed by atoms with Gasteiger partial charge in [0.2, 0.25) is 5.95 Å². The Morgan fingerprint density at radius 2 is 1.90 bits per heavy atom. The lowest BCUT2D eigenvalue weighted by Crippen LogP contribution is -2.59. The number of allylic oxidation sites excluding steroid dienone is 2. The summed E-state index contributed by atoms with van der Waals surface area (Å²) in [7, 11) is 0. The Kier molecular flexibility index (Phi) is 8.38. The smallest absolute Gasteiger partial charge is 0.410 e. The highest BCUT2D eigenvalue weighted by atomic mass is 16.6. The summed E-state index contributed by atoms with van der Waals surface area (Å²) >= 11 is 0. The maximum absolute atomic E-state index is 12.6. The van der Waals surface area contributed by atoms with E-state index in [9.17, 15) is 14.4 Å². The number of aldehydes is 1. The van der Waals surface area contributed by atoms with Crippen molar-refractivity contribution in [2.75, 3.05) is 41.8 Å². The number of piperazine rings is 1. The first kappa shape index (κ1) is 29.3. The first-order chi connectivity index (χ1) is 20.0. The Hall–Kier alpha value is -4.15. The highest BCUT2D eigenvalue weighted by molar-refractivity contribution is 6.17. The fraction of sp³-hybridized carbons (Fsp3) is 0.516. The highest BCUT2D eigenvalue weighted by Gasteiger charge is 2.36. The number of anilines is 4. The van der Waals surface area contributed by atoms with E-state index in [1.807, 2.05) is 39.0 Å². The van der Waals surface area contributed by atoms with Crippen molar-refractivity contribution < 1.29 is 23.9 Å². The van der Waals surface area contributed by atoms with E-state index in [0.29, 0.717) is 55.4 Å². The third-order valence-electron chi connectivity index (χ3n) is 7.88. The highest BCUT2D eigenvalue weighted by Crippen LogP contribution is 2.38. The molecule has 2 N–H and O–H groups in total. The summed E-state index contributed by atoms with van der Waals surface area (Å²) in [6, 6.07) is 6.21. The van der Waals surface area contributed by atoms with E-state index < -0.39 is 5.60 Å². The monoisotopic (exact) mass is 576 g/mol. The number of hydrogen-bond acceptors (Lipinski definition) is 10. The van der Waals surface area contributed by atoms with Gasteiger partial charge in [0.05, 0.1) is 17.3 Å². The Morgan fingerprint density at radius 3 is 2.60 bits per heavy atom. The number of carbonyl (C=O) groups excluding carboxylic acids is 3. The maximum Gasteiger partial charge on any atom is 0.410 e. The van der Waals surface area contributed by atoms with Crippen LogP contribution in [0, 0.1) is 0 Å². The first-order valence-electron chi connectivity index (χ1n) is 14.6. The zero-order valence-corrected chi connectivity index (χ0v) is 25.0. The van der Waals surface area contributed by atoms with Gasteiger partial charge in [-0.15, -0.1) is 0 Å². The molecule has 42 heavy (non-hydrogen) atoms. The van der Waals surface area contributed by atoms with Gasteiger partial charge in [-0.2, -0.15) is 4.98 Å². The van der Waals surface area contributed by atoms with Crippen molar-refractivity contribution in [1.29, 1.82) is 0 Å². The molecule has 0 spiro atoms. The molecular formula is C31H40N6O5. The second-order valence-electron chi connectivity index (χ2n) is 12.2. The third-order valence-corrected chi connectivity index (χ3v) is 7.88. The van der Waals surface area contributed by atoms with E-state index in [1.54, 1.807) is 18.0 Å². The van der Waals surface area contributed by atoms with Gasteiger partial charge in [0, 0.05) is 49.2 Å². The molecule has 2 aliphatic heterocycles. The predicted octanol–water partition coefficient (Wildman–Crippen LogP) is 4.95. The number of aromatic nitrogens is 2. The van der Waals surface area contributed by atoms with Crippen LogP contribution in [0.1, 0.15) is 65.9 Å². The number of ketones is 1. The molecule has 1 aromatic carbocycles. The van der Waals surface area contributed by atoms with E-state index >= 15 is 0 Å². The van der Waals surface area contributed by atoms with Gasteiger partial charge in [0.25, 0.3) is 0 Å². The van der Waals surface area contributed by atoms with E-state index in [1.165, 1.54) is 6.92 Å². The molecule has 1 amide bonds. The molecule has 0 radical (unpaired) electrons. The number of Topliss-reactive ketones (excluding diaryl/α,β-unsaturated/α-hetero) is 1. The maximum atomic E-state index is 12.6. The van der Waals surface area contributed by atoms with Crippen molar-refractivity contribution in [3.63, 3.8) is 0 Å². The first-order valence-corrected chi connectivity index (χ1v) is 14.6. The zero-order valence-electron chi connectivity index (χ0n) is 25.0. The molecule has 2 fully saturated rings. The fourth-order valence-electron chi connectivity index (χ4n) is 5.74. The van der Waals surface area contributed by atoms with Gasteiger partial charge in [0.1, 0.15) is 23.8 Å². The van der Waals surface area contributed by atoms with Crippen LogP contribution in [-0.2, 0) is 14.3 Å². The van der Waals surface area contributed by atoms with E-state index in [2.05, 4.69) is 20.5 Å². The molecule has 1 saturated heterocycles. The van der Waals surface area contributed by atoms with Crippen LogP contribution in [0.4, 0.5) is 27.9 Å². The molecule has 1 saturated carbocycles. The molecule has 3 aliphatic rings. The zero-order chi connectivity index (χ0) is 30.0. The molecule has 1 atom stereocenters. The third kappa shape index (κ3) is 6.50. The summed E-state index contributed by atoms with van der Waals surface area (Å²) in [5.74, 6) is 1.44. The molecule has 0 unspecified atom stereocenters. The number of rotatable bonds is 7. The topological polar surface area (TPSA) is 126 Å². The van der Waals surface area contributed by atoms with E-state index in [4.69, 9.17) is 14.5 Å². The summed E-state index contributed by atoms with van der Waals surface area (Å²) in [4.78, 5) is 49.6. The van der Waals surface area contributed by atoms with Crippen molar-refractivity contribution in [2.24, 2.45) is 0 Å². The summed E-state index contributed by atoms with van der Waals surface area (Å²) in [6.45, 7) is 11.0. The van der Waals surface area contributed by atoms with Crippen LogP contribution in [0.25, 0.3) is 5.57 Å². The number of nitrogens with zero attached hydrogens (tertiary/aromatic N) is 4. The minimum absolute atomic E-state index is 0.0419. The van der Waals surface area contributed by atoms with Crippen LogP contribution >= 0.6 is 0 Å². The summed E-state index contributed by atoms with van der Waals surface area (Å²) in [5, 5.41) is 6.80. The quantitative estimate of drug-likeness (QED) is 0.202. The minimum Gasteiger partial charge on any atom is -0.489 e. The van der Waals surface area contributed by atoms with E-state index in [-0.39, 0.29) is 29.5 Å². The number of hydrogen-bond donors (Lipinski definition) is 2. The Morgan fingerprint density at radius 1 is 1.14 bits per heavy atom. The molecule has 224 valence electrons. The second-order valence-corrected chi connectivity index (χ2v) is 12.2. The minimum atomic E-state index is -0.535. The number of benzene rings is 1. The fourth-order valence-corrected chi connectivity index (χ4v) is 5.74. The average molecular weight is 577 g/mol. The Bertz CT molecular complexity index is 1390. The summed E-state index contributed by atoms with van der Waals surface area (Å²) in [6.07, 6.45) is 6.33. The van der Waals surface area contributed by atoms with Crippen LogP contribution in [0.2, 0.25) is 0 Å². The van der Waals surface area contributed by atoms with Crippen molar-refractivity contribution in [3.05, 3.63) is 35.5 Å². The summed E-state index contributed by atoms with van der Waals surface area (Å²) < 4.78 is 11.7. The Balaban J connectivity index is 1.34. The number of ether oxygens (including phenoxy) is 2. The largest absolute Gasteiger partial charge is 0.489 e.